The van der Waals surface area contributed by atoms with Gasteiger partial charge in [0.15, 0.2) is 16.6 Å². The molecule has 143 heavy (non-hydrogen) atoms. The van der Waals surface area contributed by atoms with Gasteiger partial charge in [-0.05, 0) is 107 Å². The molecule has 0 amide bonds. The average molecular weight is 2060 g/mol. The van der Waals surface area contributed by atoms with Gasteiger partial charge in [-0.2, -0.15) is 5.10 Å². The van der Waals surface area contributed by atoms with Crippen molar-refractivity contribution in [3.8, 4) is 58.7 Å². The Balaban J connectivity index is 0.000000240. The molecule has 0 saturated carbocycles. The highest BCUT2D eigenvalue weighted by molar-refractivity contribution is 7.16. The number of aryl methyl sites for hydroxylation is 6. The van der Waals surface area contributed by atoms with Crippen LogP contribution in [0.2, 0.25) is 0 Å². The van der Waals surface area contributed by atoms with Crippen LogP contribution >= 0.6 is 68.0 Å². The summed E-state index contributed by atoms with van der Waals surface area (Å²) in [4.78, 5) is 33.2. The lowest BCUT2D eigenvalue weighted by atomic mass is 10.1. The lowest BCUT2D eigenvalue weighted by Gasteiger charge is -1.97. The number of benzene rings is 2. The smallest absolute Gasteiger partial charge is 0.360 e. The van der Waals surface area contributed by atoms with Gasteiger partial charge in [0, 0.05) is 174 Å². The van der Waals surface area contributed by atoms with Crippen LogP contribution in [-0.4, -0.2) is 131 Å². The number of carbonyl (C=O) groups is 1. The highest BCUT2D eigenvalue weighted by Gasteiger charge is 2.19. The second-order valence-electron chi connectivity index (χ2n) is 36.5. The maximum Gasteiger partial charge on any atom is 0.360 e. The minimum atomic E-state index is -0.432. The normalized spacial score (nSPS) is 10.8. The third-order valence-electron chi connectivity index (χ3n) is 19.8. The first-order chi connectivity index (χ1) is 68.0. The highest BCUT2D eigenvalue weighted by Crippen LogP contribution is 2.34. The van der Waals surface area contributed by atoms with Crippen LogP contribution in [0.15, 0.2) is 187 Å². The van der Waals surface area contributed by atoms with Crippen molar-refractivity contribution in [2.75, 3.05) is 13.7 Å². The molecule has 0 atom stereocenters. The molecular weight excluding hydrogens is 1920 g/mol. The summed E-state index contributed by atoms with van der Waals surface area (Å²) in [6.07, 6.45) is 15.8. The third-order valence-corrected chi connectivity index (χ3v) is 27.3. The van der Waals surface area contributed by atoms with Gasteiger partial charge in [-0.15, -0.1) is 62.3 Å². The third kappa shape index (κ3) is 42.3. The summed E-state index contributed by atoms with van der Waals surface area (Å²) in [7, 11) is 3.58. The van der Waals surface area contributed by atoms with Gasteiger partial charge in [0.05, 0.1) is 42.0 Å². The Bertz CT molecular complexity index is 6030. The number of esters is 1. The van der Waals surface area contributed by atoms with Crippen LogP contribution in [0.4, 0.5) is 0 Å². The maximum atomic E-state index is 11.1. The molecule has 15 heterocycles. The van der Waals surface area contributed by atoms with Crippen LogP contribution in [0, 0.1) is 34.6 Å². The number of hydrogen-bond donors (Lipinski definition) is 1. The molecule has 768 valence electrons. The number of pyridine rings is 3. The molecule has 0 aliphatic carbocycles. The van der Waals surface area contributed by atoms with Crippen LogP contribution in [0.5, 0.6) is 5.75 Å². The molecule has 2 aromatic carbocycles. The summed E-state index contributed by atoms with van der Waals surface area (Å²) in [5, 5.41) is 81.1. The molecule has 17 aromatic rings. The van der Waals surface area contributed by atoms with Crippen LogP contribution in [-0.2, 0) is 29.5 Å². The van der Waals surface area contributed by atoms with Gasteiger partial charge >= 0.3 is 5.97 Å². The molecule has 0 aliphatic heterocycles. The molecule has 0 radical (unpaired) electrons. The fraction of sp³-hybridized carbons (Fsp3) is 0.449. The number of rotatable bonds is 22. The van der Waals surface area contributed by atoms with Crippen LogP contribution in [0.25, 0.3) is 53.0 Å². The van der Waals surface area contributed by atoms with Crippen molar-refractivity contribution in [3.63, 3.8) is 0 Å². The number of methoxy groups -OCH3 is 1. The van der Waals surface area contributed by atoms with E-state index in [0.29, 0.717) is 84.1 Å². The number of nitrogens with zero attached hydrogens (tertiary/aromatic N) is 21. The predicted molar refractivity (Wildman–Crippen MR) is 578 cm³/mol. The standard InChI is InChI=1S/C11H13N3S.C11H12N2OS.C11H12N2S.2C10H11N3S.C9H13NO3.C8H13NO2.2C8H13NO.C7H12N2.C7H11NO.C7H11NS/c1-7(2)10-13-14-11(15-10)9-5-4-8(3)12-6-9;1-7(2)10-12-13-11(15-10)8-4-3-5-9(14)6-8;1-8(2)10-12-13-11(14-10)9-6-4-3-5-7-9;1-7(2)9-12-13-10(14-9)8-4-3-5-11-6-8;1-7(2)9-12-13-10(14-9)8-5-3-4-6-11-8;1-4-12-9(11)7-5-8(6(2)3)13-10-7;1-6(2)8-4-7(5-10-3)9-11-8;1-5(2)8-6(3)7(4)9-10-8;1-4-7-5-8(6(2)3)10-9-7;1-6(2)7-4-8-9(3)5-7;2*1-5(2)7-4-8-6(3)9-7/h4-7H,1-3H3;3-7,14H,1-2H3;3-8H,1-2H3;2*3-7H,1-2H3;5-6H,4H2,1-3H3;4,6H,5H2,1-3H3;5H,1-4H3;5-6H,4H2,1-3H3;4-6H,1-3H3;2*4-5H,1-3H3. The Kier molecular flexibility index (Phi) is 52.1. The summed E-state index contributed by atoms with van der Waals surface area (Å²) < 4.78 is 36.9. The molecule has 15 aromatic heterocycles. The van der Waals surface area contributed by atoms with E-state index in [4.69, 9.17) is 32.0 Å². The van der Waals surface area contributed by atoms with Gasteiger partial charge in [-0.25, -0.2) is 14.8 Å². The van der Waals surface area contributed by atoms with Crippen molar-refractivity contribution in [1.82, 2.24) is 106 Å². The van der Waals surface area contributed by atoms with E-state index in [0.717, 1.165) is 136 Å². The monoisotopic (exact) mass is 2060 g/mol. The molecule has 0 bridgehead atoms. The summed E-state index contributed by atoms with van der Waals surface area (Å²) >= 11 is 9.90. The zero-order valence-corrected chi connectivity index (χ0v) is 94.1. The molecule has 0 saturated heterocycles. The Morgan fingerprint density at radius 2 is 0.895 bits per heavy atom. The van der Waals surface area contributed by atoms with Crippen molar-refractivity contribution in [2.24, 2.45) is 7.05 Å². The summed E-state index contributed by atoms with van der Waals surface area (Å²) in [5.74, 6) is 10.5. The van der Waals surface area contributed by atoms with Crippen LogP contribution < -0.4 is 0 Å². The largest absolute Gasteiger partial charge is 0.508 e. The Morgan fingerprint density at radius 3 is 1.25 bits per heavy atom. The van der Waals surface area contributed by atoms with Crippen molar-refractivity contribution >= 4 is 74.0 Å². The van der Waals surface area contributed by atoms with E-state index < -0.39 is 5.97 Å². The molecule has 0 fully saturated rings. The van der Waals surface area contributed by atoms with Crippen molar-refractivity contribution in [2.45, 2.75) is 299 Å². The average Bonchev–Trinajstić information content (AvgIpc) is 1.73. The van der Waals surface area contributed by atoms with Crippen LogP contribution in [0.1, 0.15) is 365 Å². The Morgan fingerprint density at radius 1 is 0.406 bits per heavy atom. The van der Waals surface area contributed by atoms with Gasteiger partial charge in [-0.1, -0.05) is 299 Å². The lowest BCUT2D eigenvalue weighted by Crippen LogP contribution is -2.04. The number of aromatic nitrogens is 21. The second-order valence-corrected chi connectivity index (χ2v) is 42.8. The number of thiazole rings is 1. The minimum Gasteiger partial charge on any atom is -0.508 e. The van der Waals surface area contributed by atoms with E-state index in [1.54, 1.807) is 125 Å². The molecular formula is C107H145N21O9S6. The van der Waals surface area contributed by atoms with E-state index in [9.17, 15) is 9.90 Å². The molecule has 0 unspecified atom stereocenters. The van der Waals surface area contributed by atoms with E-state index in [-0.39, 0.29) is 17.4 Å². The highest BCUT2D eigenvalue weighted by atomic mass is 32.1. The van der Waals surface area contributed by atoms with Gasteiger partial charge in [0.25, 0.3) is 0 Å². The molecule has 1 N–H and O–H groups in total. The quantitative estimate of drug-likeness (QED) is 0.0616. The van der Waals surface area contributed by atoms with Gasteiger partial charge in [-0.3, -0.25) is 19.6 Å². The van der Waals surface area contributed by atoms with Crippen molar-refractivity contribution in [1.29, 1.82) is 0 Å². The minimum absolute atomic E-state index is 0.232. The van der Waals surface area contributed by atoms with Gasteiger partial charge in [0.1, 0.15) is 91.0 Å². The first-order valence-corrected chi connectivity index (χ1v) is 53.0. The summed E-state index contributed by atoms with van der Waals surface area (Å²) in [6, 6.07) is 36.5. The predicted octanol–water partition coefficient (Wildman–Crippen LogP) is 29.8. The molecule has 0 spiro atoms. The second kappa shape index (κ2) is 62.4. The first kappa shape index (κ1) is 120. The van der Waals surface area contributed by atoms with Crippen molar-refractivity contribution in [3.05, 3.63) is 274 Å². The van der Waals surface area contributed by atoms with Gasteiger partial charge in [0.2, 0.25) is 0 Å². The number of aromatic hydroxyl groups is 1. The Hall–Kier alpha value is -12.2. The van der Waals surface area contributed by atoms with E-state index in [1.807, 2.05) is 170 Å². The van der Waals surface area contributed by atoms with Crippen molar-refractivity contribution < 1.29 is 41.9 Å². The summed E-state index contributed by atoms with van der Waals surface area (Å²) in [5.41, 5.74) is 11.7. The number of carbonyl (C=O) groups excluding carboxylic acids is 1. The first-order valence-electron chi connectivity index (χ1n) is 48.1. The lowest BCUT2D eigenvalue weighted by molar-refractivity contribution is 0.0514. The Labute approximate surface area is 868 Å². The number of hydrogen-bond acceptors (Lipinski definition) is 35. The number of phenols is 1. The molecule has 0 aliphatic rings. The zero-order chi connectivity index (χ0) is 106. The summed E-state index contributed by atoms with van der Waals surface area (Å²) in [6.45, 7) is 65.1. The van der Waals surface area contributed by atoms with Gasteiger partial charge < -0.3 is 37.1 Å². The SMILES string of the molecule is CC(C)c1cnn(C)c1.CC(C)c1nnc(-c2cccc(O)c2)s1.CC(C)c1nnc(-c2ccccc2)s1.CC(C)c1nnc(-c2ccccn2)s1.CC(C)c1nnc(-c2cccnc2)s1.CCOC(=O)c1cc(C(C)C)on1.CCc1cc(C(C)C)on1.COCc1cc(C(C)C)on1.Cc1ccc(-c2nnc(C(C)C)s2)cn1.Cc1ncc(C(C)C)o1.Cc1ncc(C(C)C)s1.Cc1noc(C(C)C)c1C. The van der Waals surface area contributed by atoms with Crippen LogP contribution in [0.3, 0.4) is 0 Å². The molecule has 30 nitrogen and oxygen atoms in total. The molecule has 17 rings (SSSR count). The zero-order valence-electron chi connectivity index (χ0n) is 89.2. The fourth-order valence-electron chi connectivity index (χ4n) is 11.1. The topological polar surface area (TPSA) is 384 Å². The number of phenolic OH excluding ortho intramolecular Hbond substituents is 1. The van der Waals surface area contributed by atoms with E-state index in [1.165, 1.54) is 21.0 Å². The maximum absolute atomic E-state index is 11.1. The number of oxazole rings is 1. The van der Waals surface area contributed by atoms with E-state index in [2.05, 4.69) is 273 Å². The fourth-order valence-corrected chi connectivity index (χ4v) is 16.1. The van der Waals surface area contributed by atoms with E-state index >= 15 is 0 Å². The molecule has 36 heteroatoms. The number of ether oxygens (including phenoxy) is 2.